The fourth-order valence-electron chi connectivity index (χ4n) is 2.37. The van der Waals surface area contributed by atoms with Gasteiger partial charge in [0.1, 0.15) is 11.4 Å². The highest BCUT2D eigenvalue weighted by Crippen LogP contribution is 2.24. The van der Waals surface area contributed by atoms with Crippen LogP contribution >= 0.6 is 0 Å². The van der Waals surface area contributed by atoms with Gasteiger partial charge in [-0.15, -0.1) is 0 Å². The summed E-state index contributed by atoms with van der Waals surface area (Å²) in [5.41, 5.74) is 0.841. The molecule has 1 aliphatic rings. The molecule has 3 heterocycles. The van der Waals surface area contributed by atoms with Crippen LogP contribution in [0.25, 0.3) is 0 Å². The van der Waals surface area contributed by atoms with Crippen molar-refractivity contribution in [1.29, 1.82) is 0 Å². The van der Waals surface area contributed by atoms with Crippen molar-refractivity contribution in [3.05, 3.63) is 48.4 Å². The van der Waals surface area contributed by atoms with Gasteiger partial charge < -0.3 is 10.2 Å². The van der Waals surface area contributed by atoms with E-state index in [4.69, 9.17) is 0 Å². The van der Waals surface area contributed by atoms with Gasteiger partial charge >= 0.3 is 6.03 Å². The minimum Gasteiger partial charge on any atom is -0.339 e. The van der Waals surface area contributed by atoms with Crippen molar-refractivity contribution < 1.29 is 9.59 Å². The molecule has 23 heavy (non-hydrogen) atoms. The molecule has 0 bridgehead atoms. The van der Waals surface area contributed by atoms with Crippen LogP contribution in [0.2, 0.25) is 0 Å². The third-order valence-electron chi connectivity index (χ3n) is 3.80. The van der Waals surface area contributed by atoms with Crippen LogP contribution in [0, 0.1) is 0 Å². The zero-order chi connectivity index (χ0) is 16.4. The standard InChI is InChI=1S/C16H17N5O2/c1-16(2)14(22)20-15(23)21(16)10-11-5-7-18-13(8-11)19-12-4-3-6-17-9-12/h3-9H,10H2,1-2H3,(H,18,19)(H,20,22,23). The highest BCUT2D eigenvalue weighted by Gasteiger charge is 2.45. The Bertz CT molecular complexity index is 745. The SMILES string of the molecule is CC1(C)C(=O)NC(=O)N1Cc1ccnc(Nc2cccnc2)c1. The number of carbonyl (C=O) groups excluding carboxylic acids is 2. The van der Waals surface area contributed by atoms with E-state index in [9.17, 15) is 9.59 Å². The van der Waals surface area contributed by atoms with Crippen LogP contribution < -0.4 is 10.6 Å². The summed E-state index contributed by atoms with van der Waals surface area (Å²) in [6, 6.07) is 7.00. The van der Waals surface area contributed by atoms with E-state index in [1.165, 1.54) is 4.90 Å². The second kappa shape index (κ2) is 5.68. The van der Waals surface area contributed by atoms with Crippen molar-refractivity contribution in [2.45, 2.75) is 25.9 Å². The van der Waals surface area contributed by atoms with Gasteiger partial charge in [0, 0.05) is 18.9 Å². The zero-order valence-electron chi connectivity index (χ0n) is 12.9. The molecule has 2 N–H and O–H groups in total. The lowest BCUT2D eigenvalue weighted by atomic mass is 10.0. The lowest BCUT2D eigenvalue weighted by Crippen LogP contribution is -2.43. The van der Waals surface area contributed by atoms with E-state index in [0.717, 1.165) is 11.3 Å². The van der Waals surface area contributed by atoms with E-state index >= 15 is 0 Å². The number of nitrogens with one attached hydrogen (secondary N) is 2. The molecule has 7 heteroatoms. The van der Waals surface area contributed by atoms with Crippen LogP contribution in [0.5, 0.6) is 0 Å². The number of aromatic nitrogens is 2. The molecule has 0 atom stereocenters. The van der Waals surface area contributed by atoms with Gasteiger partial charge in [0.15, 0.2) is 0 Å². The smallest absolute Gasteiger partial charge is 0.325 e. The van der Waals surface area contributed by atoms with Crippen LogP contribution in [0.3, 0.4) is 0 Å². The Morgan fingerprint density at radius 3 is 2.74 bits per heavy atom. The van der Waals surface area contributed by atoms with Crippen molar-refractivity contribution >= 4 is 23.4 Å². The van der Waals surface area contributed by atoms with E-state index in [2.05, 4.69) is 20.6 Å². The molecule has 0 aliphatic carbocycles. The van der Waals surface area contributed by atoms with Crippen molar-refractivity contribution in [2.24, 2.45) is 0 Å². The average Bonchev–Trinajstić information content (AvgIpc) is 2.71. The molecule has 3 rings (SSSR count). The van der Waals surface area contributed by atoms with Gasteiger partial charge in [-0.25, -0.2) is 9.78 Å². The van der Waals surface area contributed by atoms with Gasteiger partial charge in [-0.2, -0.15) is 0 Å². The lowest BCUT2D eigenvalue weighted by molar-refractivity contribution is -0.125. The fourth-order valence-corrected chi connectivity index (χ4v) is 2.37. The van der Waals surface area contributed by atoms with Crippen molar-refractivity contribution in [3.63, 3.8) is 0 Å². The molecule has 0 unspecified atom stereocenters. The van der Waals surface area contributed by atoms with Crippen LogP contribution in [0.4, 0.5) is 16.3 Å². The number of anilines is 2. The minimum absolute atomic E-state index is 0.287. The maximum absolute atomic E-state index is 11.9. The summed E-state index contributed by atoms with van der Waals surface area (Å²) in [5.74, 6) is 0.365. The number of imide groups is 1. The van der Waals surface area contributed by atoms with Gasteiger partial charge in [-0.1, -0.05) is 0 Å². The number of amides is 3. The van der Waals surface area contributed by atoms with Gasteiger partial charge in [0.25, 0.3) is 5.91 Å². The Morgan fingerprint density at radius 2 is 2.09 bits per heavy atom. The van der Waals surface area contributed by atoms with Crippen LogP contribution in [0.15, 0.2) is 42.9 Å². The first kappa shape index (κ1) is 15.0. The summed E-state index contributed by atoms with van der Waals surface area (Å²) in [5, 5.41) is 5.49. The molecule has 2 aromatic heterocycles. The Labute approximate surface area is 133 Å². The highest BCUT2D eigenvalue weighted by atomic mass is 16.2. The number of carbonyl (C=O) groups is 2. The predicted molar refractivity (Wildman–Crippen MR) is 84.9 cm³/mol. The summed E-state index contributed by atoms with van der Waals surface area (Å²) in [7, 11) is 0. The van der Waals surface area contributed by atoms with E-state index in [-0.39, 0.29) is 11.9 Å². The van der Waals surface area contributed by atoms with E-state index in [1.54, 1.807) is 32.4 Å². The first-order chi connectivity index (χ1) is 11.0. The summed E-state index contributed by atoms with van der Waals surface area (Å²) >= 11 is 0. The Balaban J connectivity index is 1.78. The zero-order valence-corrected chi connectivity index (χ0v) is 12.9. The number of pyridine rings is 2. The molecule has 0 aromatic carbocycles. The molecular formula is C16H17N5O2. The van der Waals surface area contributed by atoms with Crippen LogP contribution in [-0.2, 0) is 11.3 Å². The Kier molecular flexibility index (Phi) is 3.69. The normalized spacial score (nSPS) is 16.3. The van der Waals surface area contributed by atoms with Crippen molar-refractivity contribution in [1.82, 2.24) is 20.2 Å². The molecule has 1 fully saturated rings. The van der Waals surface area contributed by atoms with Crippen molar-refractivity contribution in [2.75, 3.05) is 5.32 Å². The quantitative estimate of drug-likeness (QED) is 0.844. The minimum atomic E-state index is -0.864. The summed E-state index contributed by atoms with van der Waals surface area (Å²) < 4.78 is 0. The van der Waals surface area contributed by atoms with Gasteiger partial charge in [-0.3, -0.25) is 15.1 Å². The topological polar surface area (TPSA) is 87.2 Å². The number of rotatable bonds is 4. The number of nitrogens with zero attached hydrogens (tertiary/aromatic N) is 3. The number of hydrogen-bond acceptors (Lipinski definition) is 5. The molecule has 0 radical (unpaired) electrons. The molecule has 0 saturated carbocycles. The third-order valence-corrected chi connectivity index (χ3v) is 3.80. The monoisotopic (exact) mass is 311 g/mol. The predicted octanol–water partition coefficient (Wildman–Crippen LogP) is 2.05. The van der Waals surface area contributed by atoms with Gasteiger partial charge in [0.2, 0.25) is 0 Å². The van der Waals surface area contributed by atoms with Crippen LogP contribution in [-0.4, -0.2) is 32.3 Å². The van der Waals surface area contributed by atoms with E-state index < -0.39 is 5.54 Å². The Morgan fingerprint density at radius 1 is 1.26 bits per heavy atom. The second-order valence-corrected chi connectivity index (χ2v) is 5.82. The molecule has 1 saturated heterocycles. The molecule has 0 spiro atoms. The molecular weight excluding hydrogens is 294 g/mol. The number of urea groups is 1. The maximum Gasteiger partial charge on any atom is 0.325 e. The summed E-state index contributed by atoms with van der Waals surface area (Å²) in [6.45, 7) is 3.78. The Hall–Kier alpha value is -2.96. The molecule has 118 valence electrons. The van der Waals surface area contributed by atoms with E-state index in [0.29, 0.717) is 12.4 Å². The van der Waals surface area contributed by atoms with Gasteiger partial charge in [0.05, 0.1) is 11.9 Å². The summed E-state index contributed by atoms with van der Waals surface area (Å²) in [6.07, 6.45) is 5.06. The van der Waals surface area contributed by atoms with E-state index in [1.807, 2.05) is 24.3 Å². The average molecular weight is 311 g/mol. The maximum atomic E-state index is 11.9. The molecule has 7 nitrogen and oxygen atoms in total. The first-order valence-corrected chi connectivity index (χ1v) is 7.22. The molecule has 1 aliphatic heterocycles. The van der Waals surface area contributed by atoms with Crippen molar-refractivity contribution in [3.8, 4) is 0 Å². The molecule has 3 amide bonds. The summed E-state index contributed by atoms with van der Waals surface area (Å²) in [4.78, 5) is 33.5. The second-order valence-electron chi connectivity index (χ2n) is 5.82. The first-order valence-electron chi connectivity index (χ1n) is 7.22. The lowest BCUT2D eigenvalue weighted by Gasteiger charge is -2.28. The van der Waals surface area contributed by atoms with Crippen LogP contribution in [0.1, 0.15) is 19.4 Å². The third kappa shape index (κ3) is 2.98. The fraction of sp³-hybridized carbons (Fsp3) is 0.250. The van der Waals surface area contributed by atoms with Gasteiger partial charge in [-0.05, 0) is 43.7 Å². The highest BCUT2D eigenvalue weighted by molar-refractivity contribution is 6.06. The molecule has 2 aromatic rings. The number of hydrogen-bond donors (Lipinski definition) is 2. The largest absolute Gasteiger partial charge is 0.339 e.